The second kappa shape index (κ2) is 6.96. The molecule has 0 unspecified atom stereocenters. The second-order valence-corrected chi connectivity index (χ2v) is 5.94. The van der Waals surface area contributed by atoms with Crippen LogP contribution in [0.25, 0.3) is 5.69 Å². The van der Waals surface area contributed by atoms with Gasteiger partial charge in [0.2, 0.25) is 0 Å². The van der Waals surface area contributed by atoms with Crippen LogP contribution < -0.4 is 5.32 Å². The Hall–Kier alpha value is -2.14. The van der Waals surface area contributed by atoms with Gasteiger partial charge in [-0.1, -0.05) is 12.1 Å². The number of piperidine rings is 1. The van der Waals surface area contributed by atoms with Gasteiger partial charge < -0.3 is 10.1 Å². The molecule has 1 aromatic carbocycles. The molecule has 1 aliphatic heterocycles. The predicted octanol–water partition coefficient (Wildman–Crippen LogP) is 2.82. The normalized spacial score (nSPS) is 15.6. The van der Waals surface area contributed by atoms with Crippen molar-refractivity contribution in [3.63, 3.8) is 0 Å². The van der Waals surface area contributed by atoms with Gasteiger partial charge in [0.25, 0.3) is 0 Å². The number of hydrogen-bond donors (Lipinski definition) is 1. The number of aryl methyl sites for hydroxylation is 1. The van der Waals surface area contributed by atoms with E-state index in [9.17, 15) is 4.79 Å². The molecule has 1 aliphatic rings. The smallest absolute Gasteiger partial charge is 0.341 e. The van der Waals surface area contributed by atoms with Gasteiger partial charge >= 0.3 is 5.97 Å². The zero-order valence-electron chi connectivity index (χ0n) is 13.7. The van der Waals surface area contributed by atoms with Gasteiger partial charge in [0, 0.05) is 5.92 Å². The molecule has 0 spiro atoms. The molecule has 1 aromatic heterocycles. The molecule has 0 atom stereocenters. The largest absolute Gasteiger partial charge is 0.462 e. The van der Waals surface area contributed by atoms with E-state index in [0.717, 1.165) is 37.3 Å². The maximum atomic E-state index is 12.3. The predicted molar refractivity (Wildman–Crippen MR) is 89.1 cm³/mol. The van der Waals surface area contributed by atoms with Crippen LogP contribution in [0.1, 0.15) is 47.3 Å². The third kappa shape index (κ3) is 3.29. The van der Waals surface area contributed by atoms with Crippen LogP contribution in [0.3, 0.4) is 0 Å². The quantitative estimate of drug-likeness (QED) is 0.882. The summed E-state index contributed by atoms with van der Waals surface area (Å²) in [6, 6.07) is 8.19. The van der Waals surface area contributed by atoms with Gasteiger partial charge in [-0.05, 0) is 57.5 Å². The molecule has 0 saturated carbocycles. The Bertz CT molecular complexity index is 687. The average molecular weight is 313 g/mol. The molecule has 0 bridgehead atoms. The zero-order valence-corrected chi connectivity index (χ0v) is 13.7. The highest BCUT2D eigenvalue weighted by Gasteiger charge is 2.27. The summed E-state index contributed by atoms with van der Waals surface area (Å²) in [5, 5.41) is 7.87. The third-order valence-corrected chi connectivity index (χ3v) is 4.27. The molecule has 3 rings (SSSR count). The van der Waals surface area contributed by atoms with E-state index >= 15 is 0 Å². The first-order valence-electron chi connectivity index (χ1n) is 8.23. The Morgan fingerprint density at radius 3 is 2.87 bits per heavy atom. The number of nitrogens with zero attached hydrogens (tertiary/aromatic N) is 2. The molecule has 1 N–H and O–H groups in total. The first kappa shape index (κ1) is 15.7. The summed E-state index contributed by atoms with van der Waals surface area (Å²) < 4.78 is 7.14. The van der Waals surface area contributed by atoms with Crippen molar-refractivity contribution in [1.82, 2.24) is 15.1 Å². The highest BCUT2D eigenvalue weighted by molar-refractivity contribution is 5.90. The minimum atomic E-state index is -0.278. The minimum absolute atomic E-state index is 0.278. The molecule has 5 heteroatoms. The molecule has 1 fully saturated rings. The Balaban J connectivity index is 2.06. The van der Waals surface area contributed by atoms with Crippen molar-refractivity contribution in [2.45, 2.75) is 32.6 Å². The van der Waals surface area contributed by atoms with Crippen molar-refractivity contribution in [2.24, 2.45) is 0 Å². The van der Waals surface area contributed by atoms with Crippen LogP contribution in [0, 0.1) is 6.92 Å². The van der Waals surface area contributed by atoms with Crippen LogP contribution in [0.5, 0.6) is 0 Å². The van der Waals surface area contributed by atoms with Gasteiger partial charge in [0.1, 0.15) is 5.56 Å². The maximum absolute atomic E-state index is 12.3. The number of aromatic nitrogens is 2. The molecule has 0 radical (unpaired) electrons. The number of carbonyl (C=O) groups is 1. The summed E-state index contributed by atoms with van der Waals surface area (Å²) in [5.41, 5.74) is 3.75. The van der Waals surface area contributed by atoms with Crippen LogP contribution >= 0.6 is 0 Å². The van der Waals surface area contributed by atoms with Gasteiger partial charge in [0.05, 0.1) is 24.2 Å². The fourth-order valence-electron chi connectivity index (χ4n) is 3.18. The number of hydrogen-bond acceptors (Lipinski definition) is 4. The lowest BCUT2D eigenvalue weighted by Crippen LogP contribution is -2.28. The highest BCUT2D eigenvalue weighted by Crippen LogP contribution is 2.30. The first-order chi connectivity index (χ1) is 11.2. The van der Waals surface area contributed by atoms with Gasteiger partial charge in [-0.15, -0.1) is 0 Å². The lowest BCUT2D eigenvalue weighted by molar-refractivity contribution is 0.0524. The minimum Gasteiger partial charge on any atom is -0.462 e. The molecule has 0 aliphatic carbocycles. The third-order valence-electron chi connectivity index (χ3n) is 4.27. The number of benzene rings is 1. The van der Waals surface area contributed by atoms with E-state index in [1.54, 1.807) is 6.20 Å². The van der Waals surface area contributed by atoms with Crippen molar-refractivity contribution in [3.05, 3.63) is 47.3 Å². The van der Waals surface area contributed by atoms with E-state index < -0.39 is 0 Å². The SMILES string of the molecule is CCOC(=O)c1cnn(-c2cccc(C)c2)c1C1CCNCC1. The number of esters is 1. The lowest BCUT2D eigenvalue weighted by Gasteiger charge is -2.24. The van der Waals surface area contributed by atoms with Gasteiger partial charge in [-0.2, -0.15) is 5.10 Å². The van der Waals surface area contributed by atoms with Crippen LogP contribution in [-0.4, -0.2) is 35.4 Å². The van der Waals surface area contributed by atoms with Crippen molar-refractivity contribution in [3.8, 4) is 5.69 Å². The molecular weight excluding hydrogens is 290 g/mol. The molecule has 2 heterocycles. The summed E-state index contributed by atoms with van der Waals surface area (Å²) >= 11 is 0. The zero-order chi connectivity index (χ0) is 16.2. The molecule has 23 heavy (non-hydrogen) atoms. The monoisotopic (exact) mass is 313 g/mol. The van der Waals surface area contributed by atoms with E-state index in [4.69, 9.17) is 4.74 Å². The fraction of sp³-hybridized carbons (Fsp3) is 0.444. The van der Waals surface area contributed by atoms with Crippen LogP contribution in [0.15, 0.2) is 30.5 Å². The highest BCUT2D eigenvalue weighted by atomic mass is 16.5. The molecule has 5 nitrogen and oxygen atoms in total. The van der Waals surface area contributed by atoms with Crippen molar-refractivity contribution < 1.29 is 9.53 Å². The van der Waals surface area contributed by atoms with E-state index in [2.05, 4.69) is 29.5 Å². The Morgan fingerprint density at radius 2 is 2.17 bits per heavy atom. The Labute approximate surface area is 136 Å². The van der Waals surface area contributed by atoms with Gasteiger partial charge in [0.15, 0.2) is 0 Å². The van der Waals surface area contributed by atoms with E-state index in [1.165, 1.54) is 5.56 Å². The van der Waals surface area contributed by atoms with E-state index in [-0.39, 0.29) is 5.97 Å². The van der Waals surface area contributed by atoms with Gasteiger partial charge in [-0.25, -0.2) is 9.48 Å². The van der Waals surface area contributed by atoms with Gasteiger partial charge in [-0.3, -0.25) is 0 Å². The number of rotatable bonds is 4. The average Bonchev–Trinajstić information content (AvgIpc) is 3.01. The number of nitrogens with one attached hydrogen (secondary N) is 1. The standard InChI is InChI=1S/C18H23N3O2/c1-3-23-18(22)16-12-20-21(15-6-4-5-13(2)11-15)17(16)14-7-9-19-10-8-14/h4-6,11-12,14,19H,3,7-10H2,1-2H3. The number of carbonyl (C=O) groups excluding carboxylic acids is 1. The second-order valence-electron chi connectivity index (χ2n) is 5.94. The number of ether oxygens (including phenoxy) is 1. The summed E-state index contributed by atoms with van der Waals surface area (Å²) in [7, 11) is 0. The topological polar surface area (TPSA) is 56.1 Å². The van der Waals surface area contributed by atoms with Crippen molar-refractivity contribution >= 4 is 5.97 Å². The van der Waals surface area contributed by atoms with E-state index in [0.29, 0.717) is 18.1 Å². The van der Waals surface area contributed by atoms with Crippen LogP contribution in [0.2, 0.25) is 0 Å². The van der Waals surface area contributed by atoms with Crippen molar-refractivity contribution in [2.75, 3.05) is 19.7 Å². The summed E-state index contributed by atoms with van der Waals surface area (Å²) in [6.45, 7) is 6.19. The summed E-state index contributed by atoms with van der Waals surface area (Å²) in [4.78, 5) is 12.3. The molecule has 2 aromatic rings. The Kier molecular flexibility index (Phi) is 4.76. The summed E-state index contributed by atoms with van der Waals surface area (Å²) in [6.07, 6.45) is 3.66. The fourth-order valence-corrected chi connectivity index (χ4v) is 3.18. The van der Waals surface area contributed by atoms with Crippen molar-refractivity contribution in [1.29, 1.82) is 0 Å². The summed E-state index contributed by atoms with van der Waals surface area (Å²) in [5.74, 6) is 0.0404. The molecule has 1 saturated heterocycles. The van der Waals surface area contributed by atoms with E-state index in [1.807, 2.05) is 23.7 Å². The van der Waals surface area contributed by atoms with Crippen LogP contribution in [-0.2, 0) is 4.74 Å². The lowest BCUT2D eigenvalue weighted by atomic mass is 9.92. The Morgan fingerprint density at radius 1 is 1.39 bits per heavy atom. The molecular formula is C18H23N3O2. The van der Waals surface area contributed by atoms with Crippen LogP contribution in [0.4, 0.5) is 0 Å². The first-order valence-corrected chi connectivity index (χ1v) is 8.23. The maximum Gasteiger partial charge on any atom is 0.341 e. The molecule has 0 amide bonds. The molecule has 122 valence electrons.